The summed E-state index contributed by atoms with van der Waals surface area (Å²) in [5.74, 6) is 1.71. The van der Waals surface area contributed by atoms with Crippen molar-refractivity contribution >= 4 is 17.6 Å². The first-order valence-corrected chi connectivity index (χ1v) is 9.41. The van der Waals surface area contributed by atoms with Crippen molar-refractivity contribution in [1.82, 2.24) is 0 Å². The van der Waals surface area contributed by atoms with Crippen molar-refractivity contribution in [2.45, 2.75) is 44.9 Å². The minimum Gasteiger partial charge on any atom is -0.493 e. The lowest BCUT2D eigenvalue weighted by Gasteiger charge is -2.60. The van der Waals surface area contributed by atoms with E-state index in [0.717, 1.165) is 44.1 Å². The van der Waals surface area contributed by atoms with Gasteiger partial charge in [-0.1, -0.05) is 17.7 Å². The molecule has 2 atom stereocenters. The lowest BCUT2D eigenvalue weighted by Crippen LogP contribution is -2.55. The summed E-state index contributed by atoms with van der Waals surface area (Å²) in [6.45, 7) is 0. The van der Waals surface area contributed by atoms with Gasteiger partial charge in [-0.3, -0.25) is 4.79 Å². The van der Waals surface area contributed by atoms with Crippen LogP contribution in [0.25, 0.3) is 0 Å². The molecule has 5 rings (SSSR count). The maximum atomic E-state index is 12.0. The standard InChI is InChI=1S/C20H25ClO4/c1-24-15-4-3-14(16(21)17(15)25-2)10-19-6-12-5-13(7-19)9-20(8-12,11-19)18(22)23/h3-4,12-13H,5-11H2,1-2H3,(H,22,23). The number of carboxylic acids is 1. The highest BCUT2D eigenvalue weighted by Gasteiger charge is 2.60. The highest BCUT2D eigenvalue weighted by Crippen LogP contribution is 2.66. The third kappa shape index (κ3) is 2.61. The Labute approximate surface area is 153 Å². The topological polar surface area (TPSA) is 55.8 Å². The first-order chi connectivity index (χ1) is 11.9. The second-order valence-electron chi connectivity index (χ2n) is 8.50. The van der Waals surface area contributed by atoms with E-state index in [4.69, 9.17) is 21.1 Å². The molecule has 0 radical (unpaired) electrons. The van der Waals surface area contributed by atoms with Crippen LogP contribution in [0.3, 0.4) is 0 Å². The summed E-state index contributed by atoms with van der Waals surface area (Å²) < 4.78 is 10.8. The third-order valence-electron chi connectivity index (χ3n) is 6.77. The number of carboxylic acid groups (broad SMARTS) is 1. The van der Waals surface area contributed by atoms with Gasteiger partial charge in [-0.25, -0.2) is 0 Å². The molecule has 1 aromatic rings. The lowest BCUT2D eigenvalue weighted by atomic mass is 9.43. The summed E-state index contributed by atoms with van der Waals surface area (Å²) in [7, 11) is 3.20. The summed E-state index contributed by atoms with van der Waals surface area (Å²) in [6, 6.07) is 3.91. The van der Waals surface area contributed by atoms with E-state index in [0.29, 0.717) is 28.4 Å². The number of halogens is 1. The molecule has 0 spiro atoms. The molecule has 0 aromatic heterocycles. The second kappa shape index (κ2) is 5.80. The predicted octanol–water partition coefficient (Wildman–Crippen LogP) is 4.57. The summed E-state index contributed by atoms with van der Waals surface area (Å²) in [5.41, 5.74) is 0.598. The van der Waals surface area contributed by atoms with E-state index < -0.39 is 11.4 Å². The van der Waals surface area contributed by atoms with Crippen LogP contribution in [0.4, 0.5) is 0 Å². The minimum atomic E-state index is -0.593. The number of hydrogen-bond donors (Lipinski definition) is 1. The molecule has 5 heteroatoms. The van der Waals surface area contributed by atoms with Crippen LogP contribution in [-0.2, 0) is 11.2 Å². The number of benzene rings is 1. The van der Waals surface area contributed by atoms with E-state index >= 15 is 0 Å². The van der Waals surface area contributed by atoms with Crippen molar-refractivity contribution < 1.29 is 19.4 Å². The molecule has 0 amide bonds. The van der Waals surface area contributed by atoms with Crippen LogP contribution in [0, 0.1) is 22.7 Å². The van der Waals surface area contributed by atoms with Gasteiger partial charge in [0, 0.05) is 0 Å². The van der Waals surface area contributed by atoms with Gasteiger partial charge in [-0.2, -0.15) is 0 Å². The molecule has 0 aliphatic heterocycles. The van der Waals surface area contributed by atoms with Gasteiger partial charge >= 0.3 is 5.97 Å². The Hall–Kier alpha value is -1.42. The molecule has 0 heterocycles. The Balaban J connectivity index is 1.68. The fourth-order valence-corrected chi connectivity index (χ4v) is 6.68. The monoisotopic (exact) mass is 364 g/mol. The number of methoxy groups -OCH3 is 2. The smallest absolute Gasteiger partial charge is 0.309 e. The number of rotatable bonds is 5. The second-order valence-corrected chi connectivity index (χ2v) is 8.88. The molecule has 4 bridgehead atoms. The average molecular weight is 365 g/mol. The van der Waals surface area contributed by atoms with E-state index in [1.165, 1.54) is 6.42 Å². The molecule has 4 aliphatic rings. The SMILES string of the molecule is COc1ccc(CC23CC4CC(C2)CC(C(=O)O)(C4)C3)c(Cl)c1OC. The zero-order valence-electron chi connectivity index (χ0n) is 14.8. The van der Waals surface area contributed by atoms with Crippen molar-refractivity contribution in [3.63, 3.8) is 0 Å². The van der Waals surface area contributed by atoms with Crippen LogP contribution < -0.4 is 9.47 Å². The molecule has 4 saturated carbocycles. The summed E-state index contributed by atoms with van der Waals surface area (Å²) >= 11 is 6.61. The Morgan fingerprint density at radius 2 is 1.88 bits per heavy atom. The quantitative estimate of drug-likeness (QED) is 0.831. The van der Waals surface area contributed by atoms with Crippen LogP contribution in [0.5, 0.6) is 11.5 Å². The van der Waals surface area contributed by atoms with Crippen LogP contribution >= 0.6 is 11.6 Å². The molecule has 1 aromatic carbocycles. The van der Waals surface area contributed by atoms with Crippen molar-refractivity contribution in [3.05, 3.63) is 22.7 Å². The number of ether oxygens (including phenoxy) is 2. The zero-order valence-corrected chi connectivity index (χ0v) is 15.6. The van der Waals surface area contributed by atoms with Crippen molar-refractivity contribution in [2.75, 3.05) is 14.2 Å². The highest BCUT2D eigenvalue weighted by atomic mass is 35.5. The summed E-state index contributed by atoms with van der Waals surface area (Å²) in [6.07, 6.45) is 6.80. The summed E-state index contributed by atoms with van der Waals surface area (Å²) in [5, 5.41) is 10.5. The van der Waals surface area contributed by atoms with Crippen molar-refractivity contribution in [2.24, 2.45) is 22.7 Å². The maximum Gasteiger partial charge on any atom is 0.309 e. The average Bonchev–Trinajstić information content (AvgIpc) is 2.55. The highest BCUT2D eigenvalue weighted by molar-refractivity contribution is 6.33. The van der Waals surface area contributed by atoms with Crippen molar-refractivity contribution in [1.29, 1.82) is 0 Å². The Bertz CT molecular complexity index is 700. The minimum absolute atomic E-state index is 0.0612. The molecule has 2 unspecified atom stereocenters. The summed E-state index contributed by atoms with van der Waals surface area (Å²) in [4.78, 5) is 12.0. The van der Waals surface area contributed by atoms with Crippen LogP contribution in [0.15, 0.2) is 12.1 Å². The van der Waals surface area contributed by atoms with Crippen LogP contribution in [0.2, 0.25) is 5.02 Å². The van der Waals surface area contributed by atoms with Gasteiger partial charge in [0.05, 0.1) is 24.7 Å². The van der Waals surface area contributed by atoms with Gasteiger partial charge in [0.1, 0.15) is 0 Å². The van der Waals surface area contributed by atoms with E-state index in [9.17, 15) is 9.90 Å². The Morgan fingerprint density at radius 3 is 2.44 bits per heavy atom. The molecule has 0 saturated heterocycles. The van der Waals surface area contributed by atoms with Crippen LogP contribution in [0.1, 0.15) is 44.1 Å². The molecular formula is C20H25ClO4. The first-order valence-electron chi connectivity index (χ1n) is 9.03. The molecule has 25 heavy (non-hydrogen) atoms. The molecule has 4 nitrogen and oxygen atoms in total. The third-order valence-corrected chi connectivity index (χ3v) is 7.18. The van der Waals surface area contributed by atoms with Gasteiger partial charge in [0.2, 0.25) is 0 Å². The Morgan fingerprint density at radius 1 is 1.20 bits per heavy atom. The molecular weight excluding hydrogens is 340 g/mol. The van der Waals surface area contributed by atoms with Gasteiger partial charge in [-0.15, -0.1) is 0 Å². The molecule has 4 fully saturated rings. The molecule has 1 N–H and O–H groups in total. The Kier molecular flexibility index (Phi) is 3.95. The van der Waals surface area contributed by atoms with E-state index in [2.05, 4.69) is 0 Å². The zero-order chi connectivity index (χ0) is 17.8. The molecule has 4 aliphatic carbocycles. The van der Waals surface area contributed by atoms with Gasteiger partial charge in [0.25, 0.3) is 0 Å². The number of hydrogen-bond acceptors (Lipinski definition) is 3. The predicted molar refractivity (Wildman–Crippen MR) is 95.4 cm³/mol. The van der Waals surface area contributed by atoms with Gasteiger partial charge in [-0.05, 0) is 73.8 Å². The first kappa shape index (κ1) is 17.0. The fourth-order valence-electron chi connectivity index (χ4n) is 6.38. The number of aliphatic carboxylic acids is 1. The van der Waals surface area contributed by atoms with E-state index in [-0.39, 0.29) is 5.41 Å². The normalized spacial score (nSPS) is 35.6. The van der Waals surface area contributed by atoms with Crippen LogP contribution in [-0.4, -0.2) is 25.3 Å². The van der Waals surface area contributed by atoms with Gasteiger partial charge < -0.3 is 14.6 Å². The van der Waals surface area contributed by atoms with E-state index in [1.807, 2.05) is 12.1 Å². The fraction of sp³-hybridized carbons (Fsp3) is 0.650. The largest absolute Gasteiger partial charge is 0.493 e. The van der Waals surface area contributed by atoms with Gasteiger partial charge in [0.15, 0.2) is 11.5 Å². The van der Waals surface area contributed by atoms with Crippen molar-refractivity contribution in [3.8, 4) is 11.5 Å². The van der Waals surface area contributed by atoms with E-state index in [1.54, 1.807) is 14.2 Å². The lowest BCUT2D eigenvalue weighted by molar-refractivity contribution is -0.174. The number of carbonyl (C=O) groups is 1. The molecule has 136 valence electrons. The maximum absolute atomic E-state index is 12.0.